The third kappa shape index (κ3) is 6.29. The Labute approximate surface area is 188 Å². The molecule has 0 saturated heterocycles. The highest BCUT2D eigenvalue weighted by molar-refractivity contribution is 6.06. The number of fused-ring (bicyclic) bond motifs is 1. The van der Waals surface area contributed by atoms with Gasteiger partial charge in [-0.05, 0) is 59.6 Å². The standard InChI is InChI=1S/C23H33N3O6/c1-9-16(20(28)31-22(2,3)4)25-12-14-10-11-24-18-17(14)15(19(27)30-8)13-26(18)21(29)32-23(5,6)7/h10-11,13,16,25H,9,12H2,1-8H3/t16-/m1/s1. The van der Waals surface area contributed by atoms with Gasteiger partial charge in [-0.15, -0.1) is 0 Å². The number of carbonyl (C=O) groups is 3. The van der Waals surface area contributed by atoms with Crippen LogP contribution in [-0.2, 0) is 25.5 Å². The van der Waals surface area contributed by atoms with Gasteiger partial charge in [-0.25, -0.2) is 19.1 Å². The van der Waals surface area contributed by atoms with Crippen LogP contribution < -0.4 is 5.32 Å². The number of nitrogens with zero attached hydrogens (tertiary/aromatic N) is 2. The third-order valence-corrected chi connectivity index (χ3v) is 4.41. The lowest BCUT2D eigenvalue weighted by Gasteiger charge is -2.24. The zero-order valence-corrected chi connectivity index (χ0v) is 20.1. The summed E-state index contributed by atoms with van der Waals surface area (Å²) in [6, 6.07) is 1.19. The Kier molecular flexibility index (Phi) is 7.66. The summed E-state index contributed by atoms with van der Waals surface area (Å²) in [6.45, 7) is 12.8. The van der Waals surface area contributed by atoms with Crippen LogP contribution in [0.3, 0.4) is 0 Å². The maximum absolute atomic E-state index is 12.7. The topological polar surface area (TPSA) is 109 Å². The Balaban J connectivity index is 2.44. The Hall–Kier alpha value is -2.94. The van der Waals surface area contributed by atoms with Gasteiger partial charge in [-0.1, -0.05) is 6.92 Å². The predicted octanol–water partition coefficient (Wildman–Crippen LogP) is 3.82. The molecule has 0 aromatic carbocycles. The molecule has 2 aromatic heterocycles. The van der Waals surface area contributed by atoms with Crippen LogP contribution >= 0.6 is 0 Å². The van der Waals surface area contributed by atoms with E-state index in [1.807, 2.05) is 27.7 Å². The molecule has 0 aliphatic rings. The number of hydrogen-bond acceptors (Lipinski definition) is 8. The first kappa shape index (κ1) is 25.3. The highest BCUT2D eigenvalue weighted by Gasteiger charge is 2.27. The SMILES string of the molecule is CC[C@@H](NCc1ccnc2c1c(C(=O)OC)cn2C(=O)OC(C)(C)C)C(=O)OC(C)(C)C. The molecule has 0 bridgehead atoms. The Morgan fingerprint density at radius 1 is 1.09 bits per heavy atom. The van der Waals surface area contributed by atoms with Crippen LogP contribution in [0.25, 0.3) is 11.0 Å². The van der Waals surface area contributed by atoms with Crippen LogP contribution in [0.5, 0.6) is 0 Å². The van der Waals surface area contributed by atoms with Gasteiger partial charge in [0.1, 0.15) is 17.2 Å². The molecule has 32 heavy (non-hydrogen) atoms. The van der Waals surface area contributed by atoms with Crippen molar-refractivity contribution in [2.24, 2.45) is 0 Å². The molecule has 176 valence electrons. The largest absolute Gasteiger partial charge is 0.465 e. The first-order chi connectivity index (χ1) is 14.8. The number of methoxy groups -OCH3 is 1. The second kappa shape index (κ2) is 9.68. The summed E-state index contributed by atoms with van der Waals surface area (Å²) in [5, 5.41) is 3.64. The van der Waals surface area contributed by atoms with Crippen LogP contribution in [0.1, 0.15) is 70.8 Å². The fraction of sp³-hybridized carbons (Fsp3) is 0.565. The van der Waals surface area contributed by atoms with Crippen LogP contribution in [-0.4, -0.2) is 51.9 Å². The molecule has 0 aliphatic carbocycles. The molecule has 0 saturated carbocycles. The molecule has 9 nitrogen and oxygen atoms in total. The molecule has 0 radical (unpaired) electrons. The van der Waals surface area contributed by atoms with Crippen molar-refractivity contribution in [1.29, 1.82) is 0 Å². The average Bonchev–Trinajstić information content (AvgIpc) is 3.06. The first-order valence-electron chi connectivity index (χ1n) is 10.5. The minimum absolute atomic E-state index is 0.184. The number of aromatic nitrogens is 2. The van der Waals surface area contributed by atoms with E-state index in [0.717, 1.165) is 0 Å². The number of pyridine rings is 1. The van der Waals surface area contributed by atoms with Gasteiger partial charge in [-0.2, -0.15) is 0 Å². The summed E-state index contributed by atoms with van der Waals surface area (Å²) in [4.78, 5) is 41.9. The maximum atomic E-state index is 12.7. The Morgan fingerprint density at radius 3 is 2.25 bits per heavy atom. The second-order valence-corrected chi connectivity index (χ2v) is 9.43. The molecule has 0 spiro atoms. The highest BCUT2D eigenvalue weighted by Crippen LogP contribution is 2.26. The zero-order valence-electron chi connectivity index (χ0n) is 20.1. The van der Waals surface area contributed by atoms with Gasteiger partial charge < -0.3 is 19.5 Å². The predicted molar refractivity (Wildman–Crippen MR) is 119 cm³/mol. The van der Waals surface area contributed by atoms with Crippen molar-refractivity contribution < 1.29 is 28.6 Å². The lowest BCUT2D eigenvalue weighted by molar-refractivity contribution is -0.157. The summed E-state index contributed by atoms with van der Waals surface area (Å²) in [6.07, 6.45) is 2.77. The summed E-state index contributed by atoms with van der Waals surface area (Å²) < 4.78 is 17.0. The highest BCUT2D eigenvalue weighted by atomic mass is 16.6. The van der Waals surface area contributed by atoms with E-state index in [0.29, 0.717) is 17.4 Å². The molecule has 1 atom stereocenters. The van der Waals surface area contributed by atoms with Crippen molar-refractivity contribution in [3.8, 4) is 0 Å². The monoisotopic (exact) mass is 447 g/mol. The fourth-order valence-electron chi connectivity index (χ4n) is 3.08. The summed E-state index contributed by atoms with van der Waals surface area (Å²) >= 11 is 0. The zero-order chi connectivity index (χ0) is 24.3. The van der Waals surface area contributed by atoms with Gasteiger partial charge in [0.25, 0.3) is 0 Å². The average molecular weight is 448 g/mol. The lowest BCUT2D eigenvalue weighted by atomic mass is 10.1. The van der Waals surface area contributed by atoms with Gasteiger partial charge in [-0.3, -0.25) is 4.79 Å². The quantitative estimate of drug-likeness (QED) is 0.526. The van der Waals surface area contributed by atoms with E-state index in [9.17, 15) is 14.4 Å². The van der Waals surface area contributed by atoms with Gasteiger partial charge in [0.15, 0.2) is 5.65 Å². The van der Waals surface area contributed by atoms with Crippen molar-refractivity contribution in [2.45, 2.75) is 78.7 Å². The van der Waals surface area contributed by atoms with Crippen molar-refractivity contribution >= 4 is 29.1 Å². The summed E-state index contributed by atoms with van der Waals surface area (Å²) in [7, 11) is 1.27. The van der Waals surface area contributed by atoms with Gasteiger partial charge in [0.2, 0.25) is 0 Å². The molecule has 2 heterocycles. The normalized spacial score (nSPS) is 13.0. The summed E-state index contributed by atoms with van der Waals surface area (Å²) in [5.41, 5.74) is -0.189. The minimum Gasteiger partial charge on any atom is -0.465 e. The Morgan fingerprint density at radius 2 is 1.72 bits per heavy atom. The van der Waals surface area contributed by atoms with Crippen LogP contribution in [0, 0.1) is 0 Å². The molecular weight excluding hydrogens is 414 g/mol. The number of esters is 2. The van der Waals surface area contributed by atoms with Crippen molar-refractivity contribution in [3.63, 3.8) is 0 Å². The van der Waals surface area contributed by atoms with Crippen molar-refractivity contribution in [2.75, 3.05) is 7.11 Å². The van der Waals surface area contributed by atoms with Crippen molar-refractivity contribution in [1.82, 2.24) is 14.9 Å². The number of rotatable bonds is 6. The van der Waals surface area contributed by atoms with E-state index in [4.69, 9.17) is 14.2 Å². The minimum atomic E-state index is -0.722. The van der Waals surface area contributed by atoms with E-state index in [-0.39, 0.29) is 23.7 Å². The molecule has 2 rings (SSSR count). The van der Waals surface area contributed by atoms with Crippen molar-refractivity contribution in [3.05, 3.63) is 29.6 Å². The van der Waals surface area contributed by atoms with Crippen LogP contribution in [0.2, 0.25) is 0 Å². The number of ether oxygens (including phenoxy) is 3. The lowest BCUT2D eigenvalue weighted by Crippen LogP contribution is -2.40. The smallest absolute Gasteiger partial charge is 0.420 e. The van der Waals surface area contributed by atoms with Crippen LogP contribution in [0.4, 0.5) is 4.79 Å². The van der Waals surface area contributed by atoms with Gasteiger partial charge >= 0.3 is 18.0 Å². The third-order valence-electron chi connectivity index (χ3n) is 4.41. The molecule has 0 amide bonds. The van der Waals surface area contributed by atoms with Gasteiger partial charge in [0, 0.05) is 24.3 Å². The van der Waals surface area contributed by atoms with E-state index in [1.165, 1.54) is 24.1 Å². The van der Waals surface area contributed by atoms with E-state index >= 15 is 0 Å². The van der Waals surface area contributed by atoms with Gasteiger partial charge in [0.05, 0.1) is 12.7 Å². The molecule has 9 heteroatoms. The molecular formula is C23H33N3O6. The second-order valence-electron chi connectivity index (χ2n) is 9.43. The number of hydrogen-bond donors (Lipinski definition) is 1. The number of carbonyl (C=O) groups excluding carboxylic acids is 3. The first-order valence-corrected chi connectivity index (χ1v) is 10.5. The summed E-state index contributed by atoms with van der Waals surface area (Å²) in [5.74, 6) is -0.962. The van der Waals surface area contributed by atoms with E-state index in [1.54, 1.807) is 26.8 Å². The molecule has 0 unspecified atom stereocenters. The van der Waals surface area contributed by atoms with E-state index < -0.39 is 29.3 Å². The van der Waals surface area contributed by atoms with Crippen LogP contribution in [0.15, 0.2) is 18.5 Å². The molecule has 0 fully saturated rings. The molecule has 1 N–H and O–H groups in total. The molecule has 2 aromatic rings. The maximum Gasteiger partial charge on any atom is 0.420 e. The number of nitrogens with one attached hydrogen (secondary N) is 1. The molecule has 0 aliphatic heterocycles. The Bertz CT molecular complexity index is 998. The fourth-order valence-corrected chi connectivity index (χ4v) is 3.08. The van der Waals surface area contributed by atoms with E-state index in [2.05, 4.69) is 10.3 Å².